The normalized spacial score (nSPS) is 18.1. The third-order valence-corrected chi connectivity index (χ3v) is 6.42. The average Bonchev–Trinajstić information content (AvgIpc) is 3.06. The SMILES string of the molecule is Cc1ccc(C)c(S(=O)(=O)N2CCC(Oc3cncc(N(C)C)n3)C2)c1. The highest BCUT2D eigenvalue weighted by Gasteiger charge is 2.34. The minimum atomic E-state index is -3.53. The number of rotatable bonds is 5. The second-order valence-corrected chi connectivity index (χ2v) is 8.68. The number of sulfonamides is 1. The van der Waals surface area contributed by atoms with E-state index < -0.39 is 10.0 Å². The Labute approximate surface area is 154 Å². The van der Waals surface area contributed by atoms with Crippen LogP contribution in [0, 0.1) is 13.8 Å². The molecule has 2 heterocycles. The fraction of sp³-hybridized carbons (Fsp3) is 0.444. The van der Waals surface area contributed by atoms with E-state index >= 15 is 0 Å². The highest BCUT2D eigenvalue weighted by molar-refractivity contribution is 7.89. The topological polar surface area (TPSA) is 75.6 Å². The lowest BCUT2D eigenvalue weighted by atomic mass is 10.2. The van der Waals surface area contributed by atoms with Gasteiger partial charge in [0.1, 0.15) is 6.10 Å². The zero-order chi connectivity index (χ0) is 18.9. The molecule has 0 N–H and O–H groups in total. The number of aromatic nitrogens is 2. The second-order valence-electron chi connectivity index (χ2n) is 6.77. The van der Waals surface area contributed by atoms with E-state index in [9.17, 15) is 8.42 Å². The minimum Gasteiger partial charge on any atom is -0.472 e. The molecule has 3 rings (SSSR count). The molecule has 1 aliphatic rings. The van der Waals surface area contributed by atoms with Crippen molar-refractivity contribution in [1.82, 2.24) is 14.3 Å². The van der Waals surface area contributed by atoms with Crippen LogP contribution in [0.25, 0.3) is 0 Å². The molecule has 140 valence electrons. The summed E-state index contributed by atoms with van der Waals surface area (Å²) in [7, 11) is 0.224. The van der Waals surface area contributed by atoms with E-state index in [1.807, 2.05) is 45.0 Å². The van der Waals surface area contributed by atoms with E-state index in [1.54, 1.807) is 18.5 Å². The van der Waals surface area contributed by atoms with Gasteiger partial charge in [-0.25, -0.2) is 8.42 Å². The maximum absolute atomic E-state index is 13.0. The predicted octanol–water partition coefficient (Wildman–Crippen LogP) is 2.00. The van der Waals surface area contributed by atoms with Crippen molar-refractivity contribution >= 4 is 15.8 Å². The number of hydrogen-bond donors (Lipinski definition) is 0. The summed E-state index contributed by atoms with van der Waals surface area (Å²) < 4.78 is 33.3. The molecular formula is C18H24N4O3S. The van der Waals surface area contributed by atoms with Crippen LogP contribution in [0.5, 0.6) is 5.88 Å². The molecule has 2 aromatic rings. The van der Waals surface area contributed by atoms with Crippen LogP contribution in [0.3, 0.4) is 0 Å². The molecule has 1 saturated heterocycles. The highest BCUT2D eigenvalue weighted by Crippen LogP contribution is 2.26. The summed E-state index contributed by atoms with van der Waals surface area (Å²) in [5.74, 6) is 1.10. The van der Waals surface area contributed by atoms with Crippen LogP contribution in [0.2, 0.25) is 0 Å². The Morgan fingerprint density at radius 3 is 2.73 bits per heavy atom. The highest BCUT2D eigenvalue weighted by atomic mass is 32.2. The largest absolute Gasteiger partial charge is 0.472 e. The Balaban J connectivity index is 1.74. The summed E-state index contributed by atoms with van der Waals surface area (Å²) in [6, 6.07) is 5.49. The van der Waals surface area contributed by atoms with Gasteiger partial charge in [-0.1, -0.05) is 12.1 Å². The van der Waals surface area contributed by atoms with E-state index in [-0.39, 0.29) is 6.10 Å². The monoisotopic (exact) mass is 376 g/mol. The summed E-state index contributed by atoms with van der Waals surface area (Å²) in [4.78, 5) is 10.7. The Morgan fingerprint density at radius 2 is 2.00 bits per heavy atom. The van der Waals surface area contributed by atoms with Gasteiger partial charge in [-0.15, -0.1) is 0 Å². The van der Waals surface area contributed by atoms with Crippen LogP contribution in [-0.2, 0) is 10.0 Å². The molecule has 26 heavy (non-hydrogen) atoms. The number of anilines is 1. The van der Waals surface area contributed by atoms with Gasteiger partial charge in [0.25, 0.3) is 0 Å². The van der Waals surface area contributed by atoms with Crippen molar-refractivity contribution in [1.29, 1.82) is 0 Å². The molecule has 1 aliphatic heterocycles. The van der Waals surface area contributed by atoms with Crippen molar-refractivity contribution < 1.29 is 13.2 Å². The number of benzene rings is 1. The molecular weight excluding hydrogens is 352 g/mol. The van der Waals surface area contributed by atoms with E-state index in [0.29, 0.717) is 36.1 Å². The van der Waals surface area contributed by atoms with E-state index in [4.69, 9.17) is 4.74 Å². The lowest BCUT2D eigenvalue weighted by molar-refractivity contribution is 0.206. The molecule has 7 nitrogen and oxygen atoms in total. The predicted molar refractivity (Wildman–Crippen MR) is 100 cm³/mol. The zero-order valence-corrected chi connectivity index (χ0v) is 16.3. The van der Waals surface area contributed by atoms with E-state index in [0.717, 1.165) is 11.1 Å². The molecule has 1 atom stereocenters. The van der Waals surface area contributed by atoms with Gasteiger partial charge in [0.2, 0.25) is 15.9 Å². The molecule has 0 spiro atoms. The zero-order valence-electron chi connectivity index (χ0n) is 15.5. The Morgan fingerprint density at radius 1 is 1.23 bits per heavy atom. The molecule has 0 bridgehead atoms. The van der Waals surface area contributed by atoms with Gasteiger partial charge < -0.3 is 9.64 Å². The van der Waals surface area contributed by atoms with Crippen LogP contribution >= 0.6 is 0 Å². The van der Waals surface area contributed by atoms with Gasteiger partial charge >= 0.3 is 0 Å². The Bertz CT molecular complexity index is 899. The number of nitrogens with zero attached hydrogens (tertiary/aromatic N) is 4. The van der Waals surface area contributed by atoms with Gasteiger partial charge in [0, 0.05) is 20.6 Å². The van der Waals surface area contributed by atoms with Crippen LogP contribution in [0.15, 0.2) is 35.5 Å². The van der Waals surface area contributed by atoms with Crippen LogP contribution < -0.4 is 9.64 Å². The van der Waals surface area contributed by atoms with Crippen molar-refractivity contribution in [2.24, 2.45) is 0 Å². The lowest BCUT2D eigenvalue weighted by Crippen LogP contribution is -2.31. The molecule has 1 unspecified atom stereocenters. The molecule has 0 saturated carbocycles. The number of hydrogen-bond acceptors (Lipinski definition) is 6. The summed E-state index contributed by atoms with van der Waals surface area (Å²) >= 11 is 0. The van der Waals surface area contributed by atoms with Gasteiger partial charge in [-0.2, -0.15) is 9.29 Å². The van der Waals surface area contributed by atoms with Crippen LogP contribution in [0.1, 0.15) is 17.5 Å². The van der Waals surface area contributed by atoms with Crippen LogP contribution in [-0.4, -0.2) is 56.0 Å². The van der Waals surface area contributed by atoms with Gasteiger partial charge in [0.05, 0.1) is 23.8 Å². The first-order valence-corrected chi connectivity index (χ1v) is 9.95. The first-order valence-electron chi connectivity index (χ1n) is 8.51. The Hall–Kier alpha value is -2.19. The molecule has 1 aromatic carbocycles. The van der Waals surface area contributed by atoms with Gasteiger partial charge in [-0.3, -0.25) is 4.98 Å². The van der Waals surface area contributed by atoms with E-state index in [2.05, 4.69) is 9.97 Å². The van der Waals surface area contributed by atoms with Crippen molar-refractivity contribution in [2.75, 3.05) is 32.1 Å². The molecule has 1 fully saturated rings. The number of ether oxygens (including phenoxy) is 1. The maximum atomic E-state index is 13.0. The molecule has 0 aliphatic carbocycles. The number of aryl methyl sites for hydroxylation is 2. The van der Waals surface area contributed by atoms with Crippen LogP contribution in [0.4, 0.5) is 5.82 Å². The maximum Gasteiger partial charge on any atom is 0.243 e. The molecule has 8 heteroatoms. The fourth-order valence-corrected chi connectivity index (χ4v) is 4.71. The molecule has 1 aromatic heterocycles. The third-order valence-electron chi connectivity index (χ3n) is 4.41. The first kappa shape index (κ1) is 18.6. The fourth-order valence-electron chi connectivity index (χ4n) is 2.92. The summed E-state index contributed by atoms with van der Waals surface area (Å²) in [5.41, 5.74) is 1.68. The van der Waals surface area contributed by atoms with Crippen molar-refractivity contribution in [3.8, 4) is 5.88 Å². The summed E-state index contributed by atoms with van der Waals surface area (Å²) in [6.45, 7) is 4.45. The third kappa shape index (κ3) is 3.81. The Kier molecular flexibility index (Phi) is 5.15. The minimum absolute atomic E-state index is 0.235. The van der Waals surface area contributed by atoms with Crippen molar-refractivity contribution in [3.63, 3.8) is 0 Å². The summed E-state index contributed by atoms with van der Waals surface area (Å²) in [5, 5.41) is 0. The van der Waals surface area contributed by atoms with E-state index in [1.165, 1.54) is 4.31 Å². The van der Waals surface area contributed by atoms with Gasteiger partial charge in [0.15, 0.2) is 5.82 Å². The van der Waals surface area contributed by atoms with Gasteiger partial charge in [-0.05, 0) is 37.5 Å². The average molecular weight is 376 g/mol. The standard InChI is InChI=1S/C18H24N4O3S/c1-13-5-6-14(2)16(9-13)26(23,24)22-8-7-15(12-22)25-18-11-19-10-17(20-18)21(3)4/h5-6,9-11,15H,7-8,12H2,1-4H3. The quantitative estimate of drug-likeness (QED) is 0.794. The van der Waals surface area contributed by atoms with Crippen molar-refractivity contribution in [2.45, 2.75) is 31.3 Å². The first-order chi connectivity index (χ1) is 12.3. The lowest BCUT2D eigenvalue weighted by Gasteiger charge is -2.19. The van der Waals surface area contributed by atoms with Crippen molar-refractivity contribution in [3.05, 3.63) is 41.7 Å². The molecule has 0 amide bonds. The molecule has 0 radical (unpaired) electrons. The second kappa shape index (κ2) is 7.20. The smallest absolute Gasteiger partial charge is 0.243 e. The summed E-state index contributed by atoms with van der Waals surface area (Å²) in [6.07, 6.45) is 3.59.